The SMILES string of the molecule is COc1cc(OC)c(Cl)c(-c2cc3cnc(N)nc3c(Cc3cnn(C)c3)n2)c1Cl. The number of halogens is 2. The summed E-state index contributed by atoms with van der Waals surface area (Å²) in [7, 11) is 4.90. The van der Waals surface area contributed by atoms with Crippen molar-refractivity contribution in [2.24, 2.45) is 7.05 Å². The van der Waals surface area contributed by atoms with Gasteiger partial charge in [-0.15, -0.1) is 0 Å². The Labute approximate surface area is 182 Å². The lowest BCUT2D eigenvalue weighted by molar-refractivity contribution is 0.395. The summed E-state index contributed by atoms with van der Waals surface area (Å²) in [5, 5.41) is 5.64. The first-order chi connectivity index (χ1) is 14.4. The lowest BCUT2D eigenvalue weighted by atomic mass is 10.0. The molecule has 4 aromatic rings. The van der Waals surface area contributed by atoms with Gasteiger partial charge in [-0.2, -0.15) is 5.10 Å². The number of ether oxygens (including phenoxy) is 2. The molecule has 0 radical (unpaired) electrons. The van der Waals surface area contributed by atoms with E-state index in [4.69, 9.17) is 43.4 Å². The molecule has 1 aromatic carbocycles. The van der Waals surface area contributed by atoms with E-state index in [-0.39, 0.29) is 5.95 Å². The van der Waals surface area contributed by atoms with E-state index in [1.807, 2.05) is 19.3 Å². The molecule has 4 rings (SSSR count). The zero-order valence-electron chi connectivity index (χ0n) is 16.5. The summed E-state index contributed by atoms with van der Waals surface area (Å²) in [5.74, 6) is 1.03. The number of methoxy groups -OCH3 is 2. The fraction of sp³-hybridized carbons (Fsp3) is 0.200. The number of rotatable bonds is 5. The molecule has 154 valence electrons. The van der Waals surface area contributed by atoms with Crippen LogP contribution < -0.4 is 15.2 Å². The highest BCUT2D eigenvalue weighted by Gasteiger charge is 2.21. The third-order valence-electron chi connectivity index (χ3n) is 4.62. The van der Waals surface area contributed by atoms with Gasteiger partial charge in [0.05, 0.1) is 47.4 Å². The molecular formula is C20H18Cl2N6O2. The molecule has 30 heavy (non-hydrogen) atoms. The predicted molar refractivity (Wildman–Crippen MR) is 116 cm³/mol. The van der Waals surface area contributed by atoms with Crippen LogP contribution in [0.25, 0.3) is 22.2 Å². The number of anilines is 1. The summed E-state index contributed by atoms with van der Waals surface area (Å²) >= 11 is 13.2. The number of aryl methyl sites for hydroxylation is 1. The smallest absolute Gasteiger partial charge is 0.220 e. The number of nitrogens with zero attached hydrogens (tertiary/aromatic N) is 5. The third-order valence-corrected chi connectivity index (χ3v) is 5.37. The Kier molecular flexibility index (Phi) is 5.36. The van der Waals surface area contributed by atoms with E-state index in [1.165, 1.54) is 14.2 Å². The second-order valence-corrected chi connectivity index (χ2v) is 7.36. The molecule has 0 amide bonds. The van der Waals surface area contributed by atoms with Crippen molar-refractivity contribution in [2.45, 2.75) is 6.42 Å². The van der Waals surface area contributed by atoms with Crippen molar-refractivity contribution in [1.29, 1.82) is 0 Å². The van der Waals surface area contributed by atoms with Crippen LogP contribution in [0, 0.1) is 0 Å². The Hall–Kier alpha value is -3.10. The molecule has 0 unspecified atom stereocenters. The number of hydrogen-bond donors (Lipinski definition) is 1. The lowest BCUT2D eigenvalue weighted by Gasteiger charge is -2.15. The van der Waals surface area contributed by atoms with Crippen LogP contribution >= 0.6 is 23.2 Å². The Morgan fingerprint density at radius 1 is 1.03 bits per heavy atom. The molecule has 0 bridgehead atoms. The van der Waals surface area contributed by atoms with Gasteiger partial charge in [-0.05, 0) is 11.6 Å². The van der Waals surface area contributed by atoms with Crippen LogP contribution in [0.1, 0.15) is 11.3 Å². The fourth-order valence-corrected chi connectivity index (χ4v) is 3.93. The number of hydrogen-bond acceptors (Lipinski definition) is 7. The number of aromatic nitrogens is 5. The van der Waals surface area contributed by atoms with E-state index in [0.29, 0.717) is 50.4 Å². The Bertz CT molecular complexity index is 1230. The van der Waals surface area contributed by atoms with Gasteiger partial charge in [0, 0.05) is 42.9 Å². The molecule has 0 saturated carbocycles. The van der Waals surface area contributed by atoms with Crippen LogP contribution in [0.2, 0.25) is 10.0 Å². The molecule has 0 aliphatic rings. The van der Waals surface area contributed by atoms with Crippen molar-refractivity contribution in [3.8, 4) is 22.8 Å². The second-order valence-electron chi connectivity index (χ2n) is 6.60. The second kappa shape index (κ2) is 7.97. The zero-order chi connectivity index (χ0) is 21.4. The highest BCUT2D eigenvalue weighted by atomic mass is 35.5. The maximum absolute atomic E-state index is 6.60. The highest BCUT2D eigenvalue weighted by molar-refractivity contribution is 6.41. The van der Waals surface area contributed by atoms with Gasteiger partial charge >= 0.3 is 0 Å². The quantitative estimate of drug-likeness (QED) is 0.497. The average Bonchev–Trinajstić information content (AvgIpc) is 3.13. The summed E-state index contributed by atoms with van der Waals surface area (Å²) in [5.41, 5.74) is 9.18. The van der Waals surface area contributed by atoms with E-state index in [0.717, 1.165) is 10.9 Å². The molecule has 3 heterocycles. The van der Waals surface area contributed by atoms with Crippen LogP contribution in [0.15, 0.2) is 30.7 Å². The summed E-state index contributed by atoms with van der Waals surface area (Å²) in [6.45, 7) is 0. The van der Waals surface area contributed by atoms with Crippen LogP contribution in [0.5, 0.6) is 11.5 Å². The molecule has 3 aromatic heterocycles. The van der Waals surface area contributed by atoms with E-state index in [2.05, 4.69) is 15.1 Å². The standard InChI is InChI=1S/C20H18Cl2N6O2/c1-28-9-10(7-25-28)4-13-19-11(8-24-20(23)27-19)5-12(26-13)16-17(21)14(29-2)6-15(30-3)18(16)22/h5-9H,4H2,1-3H3,(H2,23,24,27). The van der Waals surface area contributed by atoms with Gasteiger partial charge in [-0.3, -0.25) is 9.67 Å². The maximum atomic E-state index is 6.60. The van der Waals surface area contributed by atoms with Gasteiger partial charge < -0.3 is 15.2 Å². The van der Waals surface area contributed by atoms with Crippen molar-refractivity contribution in [1.82, 2.24) is 24.7 Å². The molecule has 10 heteroatoms. The van der Waals surface area contributed by atoms with E-state index >= 15 is 0 Å². The van der Waals surface area contributed by atoms with Gasteiger partial charge in [0.25, 0.3) is 0 Å². The Morgan fingerprint density at radius 3 is 2.33 bits per heavy atom. The normalized spacial score (nSPS) is 11.1. The van der Waals surface area contributed by atoms with Crippen molar-refractivity contribution >= 4 is 40.1 Å². The van der Waals surface area contributed by atoms with Crippen LogP contribution in [-0.2, 0) is 13.5 Å². The van der Waals surface area contributed by atoms with Gasteiger partial charge in [0.1, 0.15) is 11.5 Å². The first-order valence-electron chi connectivity index (χ1n) is 8.91. The summed E-state index contributed by atoms with van der Waals surface area (Å²) < 4.78 is 12.5. The van der Waals surface area contributed by atoms with Gasteiger partial charge in [0.15, 0.2) is 0 Å². The lowest BCUT2D eigenvalue weighted by Crippen LogP contribution is -2.02. The fourth-order valence-electron chi connectivity index (χ4n) is 3.24. The summed E-state index contributed by atoms with van der Waals surface area (Å²) in [6, 6.07) is 3.45. The molecule has 8 nitrogen and oxygen atoms in total. The van der Waals surface area contributed by atoms with Crippen molar-refractivity contribution in [3.63, 3.8) is 0 Å². The first kappa shape index (κ1) is 20.2. The number of benzene rings is 1. The Balaban J connectivity index is 1.98. The van der Waals surface area contributed by atoms with Crippen molar-refractivity contribution in [2.75, 3.05) is 20.0 Å². The van der Waals surface area contributed by atoms with Crippen LogP contribution in [-0.4, -0.2) is 39.0 Å². The predicted octanol–water partition coefficient (Wildman–Crippen LogP) is 3.92. The molecule has 0 aliphatic carbocycles. The summed E-state index contributed by atoms with van der Waals surface area (Å²) in [4.78, 5) is 13.3. The van der Waals surface area contributed by atoms with E-state index in [9.17, 15) is 0 Å². The monoisotopic (exact) mass is 444 g/mol. The minimum Gasteiger partial charge on any atom is -0.495 e. The largest absolute Gasteiger partial charge is 0.495 e. The number of nitrogen functional groups attached to an aromatic ring is 1. The number of pyridine rings is 1. The topological polar surface area (TPSA) is 101 Å². The van der Waals surface area contributed by atoms with Gasteiger partial charge in [0.2, 0.25) is 5.95 Å². The van der Waals surface area contributed by atoms with Gasteiger partial charge in [-0.25, -0.2) is 9.97 Å². The Morgan fingerprint density at radius 2 is 1.73 bits per heavy atom. The average molecular weight is 445 g/mol. The number of nitrogens with two attached hydrogens (primary N) is 1. The van der Waals surface area contributed by atoms with Crippen molar-refractivity contribution < 1.29 is 9.47 Å². The maximum Gasteiger partial charge on any atom is 0.220 e. The molecule has 2 N–H and O–H groups in total. The van der Waals surface area contributed by atoms with Gasteiger partial charge in [-0.1, -0.05) is 23.2 Å². The molecule has 0 spiro atoms. The molecule has 0 fully saturated rings. The van der Waals surface area contributed by atoms with E-state index < -0.39 is 0 Å². The first-order valence-corrected chi connectivity index (χ1v) is 9.66. The minimum absolute atomic E-state index is 0.170. The van der Waals surface area contributed by atoms with E-state index in [1.54, 1.807) is 23.1 Å². The highest BCUT2D eigenvalue weighted by Crippen LogP contribution is 2.46. The minimum atomic E-state index is 0.170. The third kappa shape index (κ3) is 3.59. The zero-order valence-corrected chi connectivity index (χ0v) is 18.0. The molecule has 0 atom stereocenters. The molecular weight excluding hydrogens is 427 g/mol. The van der Waals surface area contributed by atoms with Crippen LogP contribution in [0.3, 0.4) is 0 Å². The summed E-state index contributed by atoms with van der Waals surface area (Å²) in [6.07, 6.45) is 5.83. The molecule has 0 saturated heterocycles. The molecule has 0 aliphatic heterocycles. The van der Waals surface area contributed by atoms with Crippen LogP contribution in [0.4, 0.5) is 5.95 Å². The van der Waals surface area contributed by atoms with Crippen molar-refractivity contribution in [3.05, 3.63) is 52.0 Å². The number of fused-ring (bicyclic) bond motifs is 1.